The monoisotopic (exact) mass is 431 g/mol. The van der Waals surface area contributed by atoms with E-state index in [-0.39, 0.29) is 29.7 Å². The van der Waals surface area contributed by atoms with E-state index in [1.165, 1.54) is 12.1 Å². The van der Waals surface area contributed by atoms with Gasteiger partial charge in [-0.05, 0) is 24.3 Å². The van der Waals surface area contributed by atoms with Crippen molar-refractivity contribution in [2.75, 3.05) is 5.73 Å². The molecule has 0 spiro atoms. The third kappa shape index (κ3) is 4.05. The molecule has 0 atom stereocenters. The molecule has 0 bridgehead atoms. The Morgan fingerprint density at radius 1 is 1.19 bits per heavy atom. The van der Waals surface area contributed by atoms with Gasteiger partial charge in [0.25, 0.3) is 0 Å². The number of pyridine rings is 1. The fourth-order valence-corrected chi connectivity index (χ4v) is 3.16. The molecule has 0 radical (unpaired) electrons. The Bertz CT molecular complexity index is 1240. The predicted octanol–water partition coefficient (Wildman–Crippen LogP) is 4.93. The van der Waals surface area contributed by atoms with Gasteiger partial charge in [0.2, 0.25) is 0 Å². The minimum Gasteiger partial charge on any atom is -0.487 e. The van der Waals surface area contributed by atoms with Crippen molar-refractivity contribution in [1.82, 2.24) is 19.7 Å². The van der Waals surface area contributed by atoms with E-state index in [0.29, 0.717) is 28.2 Å². The van der Waals surface area contributed by atoms with Crippen LogP contribution in [0, 0.1) is 0 Å². The van der Waals surface area contributed by atoms with Gasteiger partial charge in [0.1, 0.15) is 29.3 Å². The van der Waals surface area contributed by atoms with Crippen LogP contribution in [0.3, 0.4) is 0 Å². The van der Waals surface area contributed by atoms with Crippen LogP contribution in [0.4, 0.5) is 19.0 Å². The molecule has 0 saturated heterocycles. The summed E-state index contributed by atoms with van der Waals surface area (Å²) in [5, 5.41) is 3.84. The largest absolute Gasteiger partial charge is 0.487 e. The van der Waals surface area contributed by atoms with Crippen molar-refractivity contribution in [3.63, 3.8) is 0 Å². The van der Waals surface area contributed by atoms with Gasteiger partial charge < -0.3 is 19.6 Å². The van der Waals surface area contributed by atoms with Crippen molar-refractivity contribution >= 4 is 16.9 Å². The molecule has 4 rings (SSSR count). The number of nitrogens with two attached hydrogens (primary N) is 1. The number of alkyl halides is 3. The number of hydrogen-bond acceptors (Lipinski definition) is 6. The lowest BCUT2D eigenvalue weighted by molar-refractivity contribution is -0.139. The molecule has 0 aliphatic rings. The number of rotatable bonds is 5. The lowest BCUT2D eigenvalue weighted by atomic mass is 10.1. The molecule has 0 fully saturated rings. The second-order valence-electron chi connectivity index (χ2n) is 7.49. The highest BCUT2D eigenvalue weighted by molar-refractivity contribution is 5.88. The normalized spacial score (nSPS) is 12.1. The van der Waals surface area contributed by atoms with Gasteiger partial charge in [0, 0.05) is 24.6 Å². The number of nitrogens with zero attached hydrogens (tertiary/aromatic N) is 4. The van der Waals surface area contributed by atoms with Gasteiger partial charge in [-0.2, -0.15) is 13.2 Å². The molecule has 2 N–H and O–H groups in total. The van der Waals surface area contributed by atoms with Gasteiger partial charge in [-0.1, -0.05) is 19.0 Å². The Kier molecular flexibility index (Phi) is 5.08. The molecule has 31 heavy (non-hydrogen) atoms. The van der Waals surface area contributed by atoms with Crippen LogP contribution in [0.25, 0.3) is 22.3 Å². The second kappa shape index (κ2) is 7.60. The van der Waals surface area contributed by atoms with Crippen molar-refractivity contribution in [2.24, 2.45) is 7.05 Å². The second-order valence-corrected chi connectivity index (χ2v) is 7.49. The summed E-state index contributed by atoms with van der Waals surface area (Å²) in [6.45, 7) is 3.70. The summed E-state index contributed by atoms with van der Waals surface area (Å²) in [6.07, 6.45) is -3.06. The van der Waals surface area contributed by atoms with Crippen LogP contribution < -0.4 is 10.5 Å². The van der Waals surface area contributed by atoms with Gasteiger partial charge in [0.05, 0.1) is 23.1 Å². The summed E-state index contributed by atoms with van der Waals surface area (Å²) < 4.78 is 53.6. The zero-order valence-electron chi connectivity index (χ0n) is 17.1. The molecule has 1 aromatic carbocycles. The number of imidazole rings is 1. The maximum Gasteiger partial charge on any atom is 0.419 e. The van der Waals surface area contributed by atoms with Gasteiger partial charge in [-0.25, -0.2) is 9.97 Å². The first-order chi connectivity index (χ1) is 14.6. The number of aromatic nitrogens is 4. The lowest BCUT2D eigenvalue weighted by Crippen LogP contribution is -2.09. The van der Waals surface area contributed by atoms with Gasteiger partial charge in [0.15, 0.2) is 5.82 Å². The number of nitrogen functional groups attached to an aromatic ring is 1. The minimum atomic E-state index is -4.62. The van der Waals surface area contributed by atoms with E-state index < -0.39 is 11.7 Å². The van der Waals surface area contributed by atoms with Crippen LogP contribution in [0.2, 0.25) is 0 Å². The van der Waals surface area contributed by atoms with E-state index in [0.717, 1.165) is 6.07 Å². The van der Waals surface area contributed by atoms with Gasteiger partial charge in [-0.3, -0.25) is 0 Å². The molecular weight excluding hydrogens is 411 g/mol. The first-order valence-corrected chi connectivity index (χ1v) is 9.51. The standard InChI is InChI=1S/C21H20F3N5O2/c1-11(2)18-7-13(28-31-18)9-30-17-5-4-12(6-14(17)21(22,23)24)15-8-16-19(20(25)27-15)26-10-29(16)3/h4-8,10-11H,9H2,1-3H3,(H2,25,27). The average molecular weight is 431 g/mol. The Morgan fingerprint density at radius 2 is 1.97 bits per heavy atom. The molecule has 0 aliphatic carbocycles. The van der Waals surface area contributed by atoms with Crippen LogP contribution in [-0.2, 0) is 19.8 Å². The summed E-state index contributed by atoms with van der Waals surface area (Å²) in [7, 11) is 1.77. The van der Waals surface area contributed by atoms with Gasteiger partial charge >= 0.3 is 6.18 Å². The highest BCUT2D eigenvalue weighted by atomic mass is 19.4. The van der Waals surface area contributed by atoms with Crippen molar-refractivity contribution in [3.8, 4) is 17.0 Å². The molecule has 0 aliphatic heterocycles. The number of fused-ring (bicyclic) bond motifs is 1. The van der Waals surface area contributed by atoms with Crippen LogP contribution in [-0.4, -0.2) is 19.7 Å². The van der Waals surface area contributed by atoms with Crippen molar-refractivity contribution in [1.29, 1.82) is 0 Å². The third-order valence-electron chi connectivity index (χ3n) is 4.84. The number of anilines is 1. The highest BCUT2D eigenvalue weighted by Gasteiger charge is 2.35. The van der Waals surface area contributed by atoms with Gasteiger partial charge in [-0.15, -0.1) is 0 Å². The Balaban J connectivity index is 1.68. The van der Waals surface area contributed by atoms with Crippen LogP contribution >= 0.6 is 0 Å². The summed E-state index contributed by atoms with van der Waals surface area (Å²) in [5.41, 5.74) is 7.18. The number of halogens is 3. The number of hydrogen-bond donors (Lipinski definition) is 1. The van der Waals surface area contributed by atoms with E-state index in [1.54, 1.807) is 30.1 Å². The smallest absolute Gasteiger partial charge is 0.419 e. The van der Waals surface area contributed by atoms with Crippen LogP contribution in [0.15, 0.2) is 41.2 Å². The molecule has 0 saturated carbocycles. The van der Waals surface area contributed by atoms with Crippen LogP contribution in [0.1, 0.15) is 36.8 Å². The average Bonchev–Trinajstić information content (AvgIpc) is 3.33. The Labute approximate surface area is 175 Å². The zero-order chi connectivity index (χ0) is 22.3. The van der Waals surface area contributed by atoms with E-state index in [4.69, 9.17) is 15.0 Å². The molecule has 10 heteroatoms. The van der Waals surface area contributed by atoms with Crippen molar-refractivity contribution in [3.05, 3.63) is 53.7 Å². The third-order valence-corrected chi connectivity index (χ3v) is 4.84. The summed E-state index contributed by atoms with van der Waals surface area (Å²) in [5.74, 6) is 0.594. The molecule has 3 heterocycles. The van der Waals surface area contributed by atoms with Crippen molar-refractivity contribution < 1.29 is 22.4 Å². The first-order valence-electron chi connectivity index (χ1n) is 9.51. The lowest BCUT2D eigenvalue weighted by Gasteiger charge is -2.15. The van der Waals surface area contributed by atoms with E-state index >= 15 is 0 Å². The Morgan fingerprint density at radius 3 is 2.65 bits per heavy atom. The molecule has 4 aromatic rings. The number of aryl methyl sites for hydroxylation is 1. The molecule has 0 unspecified atom stereocenters. The summed E-state index contributed by atoms with van der Waals surface area (Å²) in [6, 6.07) is 7.10. The van der Waals surface area contributed by atoms with Crippen LogP contribution in [0.5, 0.6) is 5.75 Å². The number of ether oxygens (including phenoxy) is 1. The minimum absolute atomic E-state index is 0.114. The molecular formula is C21H20F3N5O2. The maximum absolute atomic E-state index is 13.8. The first kappa shape index (κ1) is 20.7. The molecule has 162 valence electrons. The highest BCUT2D eigenvalue weighted by Crippen LogP contribution is 2.39. The number of benzene rings is 1. The quantitative estimate of drug-likeness (QED) is 0.482. The topological polar surface area (TPSA) is 92.0 Å². The Hall–Kier alpha value is -3.56. The fourth-order valence-electron chi connectivity index (χ4n) is 3.16. The predicted molar refractivity (Wildman–Crippen MR) is 108 cm³/mol. The maximum atomic E-state index is 13.8. The summed E-state index contributed by atoms with van der Waals surface area (Å²) >= 11 is 0. The SMILES string of the molecule is CC(C)c1cc(COc2ccc(-c3cc4c(ncn4C)c(N)n3)cc2C(F)(F)F)no1. The molecule has 3 aromatic heterocycles. The molecule has 7 nitrogen and oxygen atoms in total. The van der Waals surface area contributed by atoms with E-state index in [9.17, 15) is 13.2 Å². The van der Waals surface area contributed by atoms with E-state index in [1.807, 2.05) is 13.8 Å². The molecule has 0 amide bonds. The zero-order valence-corrected chi connectivity index (χ0v) is 17.1. The fraction of sp³-hybridized carbons (Fsp3) is 0.286. The summed E-state index contributed by atoms with van der Waals surface area (Å²) in [4.78, 5) is 8.37. The van der Waals surface area contributed by atoms with E-state index in [2.05, 4.69) is 15.1 Å². The van der Waals surface area contributed by atoms with Crippen molar-refractivity contribution in [2.45, 2.75) is 32.5 Å².